The highest BCUT2D eigenvalue weighted by atomic mass is 35.5. The van der Waals surface area contributed by atoms with Crippen LogP contribution >= 0.6 is 11.6 Å². The van der Waals surface area contributed by atoms with Crippen LogP contribution in [0, 0.1) is 0 Å². The molecule has 1 rings (SSSR count). The fraction of sp³-hybridized carbons (Fsp3) is 0.375. The Bertz CT molecular complexity index is 333. The summed E-state index contributed by atoms with van der Waals surface area (Å²) in [5, 5.41) is 0.0489. The van der Waals surface area contributed by atoms with E-state index in [1.165, 1.54) is 7.11 Å². The molecule has 0 aliphatic rings. The number of nitrogens with two attached hydrogens (primary N) is 1. The number of methoxy groups -OCH3 is 1. The minimum atomic E-state index is -2.67. The Balaban J connectivity index is 3.28. The van der Waals surface area contributed by atoms with E-state index in [1.54, 1.807) is 0 Å². The van der Waals surface area contributed by atoms with Crippen molar-refractivity contribution in [3.63, 3.8) is 0 Å². The molecule has 78 valence electrons. The predicted molar refractivity (Wildman–Crippen MR) is 48.6 cm³/mol. The Hall–Kier alpha value is -0.940. The molecule has 0 radical (unpaired) electrons. The summed E-state index contributed by atoms with van der Waals surface area (Å²) in [4.78, 5) is 3.71. The minimum absolute atomic E-state index is 0.0489. The molecule has 0 atom stereocenters. The van der Waals surface area contributed by atoms with Gasteiger partial charge in [-0.1, -0.05) is 11.6 Å². The van der Waals surface area contributed by atoms with Gasteiger partial charge in [-0.15, -0.1) is 0 Å². The van der Waals surface area contributed by atoms with Gasteiger partial charge < -0.3 is 10.5 Å². The van der Waals surface area contributed by atoms with E-state index in [4.69, 9.17) is 22.1 Å². The van der Waals surface area contributed by atoms with Crippen LogP contribution in [0.5, 0.6) is 5.75 Å². The van der Waals surface area contributed by atoms with Gasteiger partial charge in [0.25, 0.3) is 6.43 Å². The first-order valence-corrected chi connectivity index (χ1v) is 4.19. The van der Waals surface area contributed by atoms with Crippen molar-refractivity contribution in [3.8, 4) is 5.75 Å². The number of pyridine rings is 1. The first kappa shape index (κ1) is 11.1. The summed E-state index contributed by atoms with van der Waals surface area (Å²) in [6.07, 6.45) is -1.64. The van der Waals surface area contributed by atoms with Crippen molar-refractivity contribution in [1.82, 2.24) is 4.98 Å². The van der Waals surface area contributed by atoms with Crippen molar-refractivity contribution in [2.75, 3.05) is 7.11 Å². The summed E-state index contributed by atoms with van der Waals surface area (Å²) >= 11 is 5.76. The van der Waals surface area contributed by atoms with E-state index >= 15 is 0 Å². The van der Waals surface area contributed by atoms with Gasteiger partial charge in [0, 0.05) is 12.7 Å². The molecule has 1 heterocycles. The van der Waals surface area contributed by atoms with E-state index in [2.05, 4.69) is 4.98 Å². The molecule has 0 saturated heterocycles. The first-order valence-electron chi connectivity index (χ1n) is 3.81. The Kier molecular flexibility index (Phi) is 3.60. The molecule has 1 aromatic rings. The third kappa shape index (κ3) is 1.93. The molecule has 0 bridgehead atoms. The molecule has 1 aromatic heterocycles. The Labute approximate surface area is 84.8 Å². The molecule has 2 N–H and O–H groups in total. The van der Waals surface area contributed by atoms with Crippen molar-refractivity contribution in [2.45, 2.75) is 13.0 Å². The lowest BCUT2D eigenvalue weighted by molar-refractivity contribution is 0.146. The number of alkyl halides is 2. The molecule has 0 unspecified atom stereocenters. The summed E-state index contributed by atoms with van der Waals surface area (Å²) in [6, 6.07) is 0. The van der Waals surface area contributed by atoms with Crippen LogP contribution in [-0.2, 0) is 6.54 Å². The largest absolute Gasteiger partial charge is 0.495 e. The molecule has 0 fully saturated rings. The molecule has 14 heavy (non-hydrogen) atoms. The van der Waals surface area contributed by atoms with Gasteiger partial charge in [0.15, 0.2) is 0 Å². The summed E-state index contributed by atoms with van der Waals surface area (Å²) in [7, 11) is 1.27. The van der Waals surface area contributed by atoms with Crippen molar-refractivity contribution in [1.29, 1.82) is 0 Å². The fourth-order valence-corrected chi connectivity index (χ4v) is 1.34. The second-order valence-corrected chi connectivity index (χ2v) is 2.89. The third-order valence-corrected chi connectivity index (χ3v) is 2.10. The summed E-state index contributed by atoms with van der Waals surface area (Å²) in [6.45, 7) is 0.0821. The van der Waals surface area contributed by atoms with E-state index in [0.717, 1.165) is 6.20 Å². The van der Waals surface area contributed by atoms with Crippen LogP contribution in [0.3, 0.4) is 0 Å². The molecule has 0 aromatic carbocycles. The second-order valence-electron chi connectivity index (χ2n) is 2.51. The van der Waals surface area contributed by atoms with E-state index in [1.807, 2.05) is 0 Å². The van der Waals surface area contributed by atoms with Crippen molar-refractivity contribution >= 4 is 11.6 Å². The highest BCUT2D eigenvalue weighted by Gasteiger charge is 2.19. The topological polar surface area (TPSA) is 48.1 Å². The van der Waals surface area contributed by atoms with Crippen LogP contribution in [-0.4, -0.2) is 12.1 Å². The zero-order valence-corrected chi connectivity index (χ0v) is 8.18. The molecule has 0 amide bonds. The average molecular weight is 223 g/mol. The zero-order chi connectivity index (χ0) is 10.7. The van der Waals surface area contributed by atoms with Crippen LogP contribution in [0.4, 0.5) is 8.78 Å². The lowest BCUT2D eigenvalue weighted by Crippen LogP contribution is -2.04. The quantitative estimate of drug-likeness (QED) is 0.853. The van der Waals surface area contributed by atoms with Crippen LogP contribution in [0.25, 0.3) is 0 Å². The maximum absolute atomic E-state index is 12.4. The molecule has 0 saturated carbocycles. The number of hydrogen-bond donors (Lipinski definition) is 1. The molecule has 0 aliphatic carbocycles. The Morgan fingerprint density at radius 2 is 2.29 bits per heavy atom. The van der Waals surface area contributed by atoms with Gasteiger partial charge in [-0.2, -0.15) is 0 Å². The Morgan fingerprint density at radius 1 is 1.64 bits per heavy atom. The van der Waals surface area contributed by atoms with Crippen molar-refractivity contribution in [2.24, 2.45) is 5.73 Å². The van der Waals surface area contributed by atoms with Gasteiger partial charge in [-0.3, -0.25) is 4.98 Å². The van der Waals surface area contributed by atoms with Crippen LogP contribution in [0.1, 0.15) is 17.7 Å². The lowest BCUT2D eigenvalue weighted by atomic mass is 10.2. The number of halogens is 3. The smallest absolute Gasteiger partial charge is 0.268 e. The predicted octanol–water partition coefficient (Wildman–Crippen LogP) is 2.14. The maximum Gasteiger partial charge on any atom is 0.268 e. The molecule has 6 heteroatoms. The van der Waals surface area contributed by atoms with Gasteiger partial charge in [0.2, 0.25) is 0 Å². The number of nitrogens with zero attached hydrogens (tertiary/aromatic N) is 1. The molecular formula is C8H9ClF2N2O. The average Bonchev–Trinajstić information content (AvgIpc) is 2.17. The normalized spacial score (nSPS) is 10.7. The van der Waals surface area contributed by atoms with Crippen LogP contribution < -0.4 is 10.5 Å². The number of ether oxygens (including phenoxy) is 1. The van der Waals surface area contributed by atoms with Crippen LogP contribution in [0.15, 0.2) is 6.20 Å². The van der Waals surface area contributed by atoms with Gasteiger partial charge in [0.1, 0.15) is 10.8 Å². The standard InChI is InChI=1S/C8H9ClF2N2O/c1-14-7-4(8(10)11)3-13-5(2-12)6(7)9/h3,8H,2,12H2,1H3. The van der Waals surface area contributed by atoms with Gasteiger partial charge in [-0.25, -0.2) is 8.78 Å². The number of aromatic nitrogens is 1. The molecule has 0 aliphatic heterocycles. The summed E-state index contributed by atoms with van der Waals surface area (Å²) in [5.41, 5.74) is 5.33. The molecule has 0 spiro atoms. The highest BCUT2D eigenvalue weighted by Crippen LogP contribution is 2.35. The third-order valence-electron chi connectivity index (χ3n) is 1.71. The SMILES string of the molecule is COc1c(C(F)F)cnc(CN)c1Cl. The minimum Gasteiger partial charge on any atom is -0.495 e. The molecular weight excluding hydrogens is 214 g/mol. The van der Waals surface area contributed by atoms with Gasteiger partial charge >= 0.3 is 0 Å². The highest BCUT2D eigenvalue weighted by molar-refractivity contribution is 6.32. The summed E-state index contributed by atoms with van der Waals surface area (Å²) < 4.78 is 29.6. The van der Waals surface area contributed by atoms with Crippen molar-refractivity contribution in [3.05, 3.63) is 22.5 Å². The monoisotopic (exact) mass is 222 g/mol. The van der Waals surface area contributed by atoms with Gasteiger partial charge in [-0.05, 0) is 0 Å². The maximum atomic E-state index is 12.4. The number of hydrogen-bond acceptors (Lipinski definition) is 3. The Morgan fingerprint density at radius 3 is 2.71 bits per heavy atom. The number of rotatable bonds is 3. The van der Waals surface area contributed by atoms with E-state index < -0.39 is 6.43 Å². The molecule has 3 nitrogen and oxygen atoms in total. The van der Waals surface area contributed by atoms with E-state index in [0.29, 0.717) is 5.69 Å². The van der Waals surface area contributed by atoms with E-state index in [-0.39, 0.29) is 22.9 Å². The first-order chi connectivity index (χ1) is 6.61. The van der Waals surface area contributed by atoms with Crippen LogP contribution in [0.2, 0.25) is 5.02 Å². The van der Waals surface area contributed by atoms with E-state index in [9.17, 15) is 8.78 Å². The summed E-state index contributed by atoms with van der Waals surface area (Å²) in [5.74, 6) is -0.0582. The van der Waals surface area contributed by atoms with Gasteiger partial charge in [0.05, 0.1) is 18.4 Å². The zero-order valence-electron chi connectivity index (χ0n) is 7.43. The van der Waals surface area contributed by atoms with Crippen molar-refractivity contribution < 1.29 is 13.5 Å². The fourth-order valence-electron chi connectivity index (χ4n) is 1.03. The second kappa shape index (κ2) is 4.52. The lowest BCUT2D eigenvalue weighted by Gasteiger charge is -2.11.